The van der Waals surface area contributed by atoms with Crippen LogP contribution in [0.5, 0.6) is 0 Å². The lowest BCUT2D eigenvalue weighted by atomic mass is 10.2. The first-order valence-corrected chi connectivity index (χ1v) is 8.27. The van der Waals surface area contributed by atoms with E-state index in [1.807, 2.05) is 0 Å². The summed E-state index contributed by atoms with van der Waals surface area (Å²) in [6.07, 6.45) is 0. The predicted octanol–water partition coefficient (Wildman–Crippen LogP) is 2.24. The van der Waals surface area contributed by atoms with E-state index in [1.54, 1.807) is 14.0 Å². The highest BCUT2D eigenvalue weighted by Crippen LogP contribution is 2.27. The summed E-state index contributed by atoms with van der Waals surface area (Å²) in [4.78, 5) is 0.0648. The number of benzene rings is 1. The van der Waals surface area contributed by atoms with Gasteiger partial charge in [0.2, 0.25) is 10.0 Å². The van der Waals surface area contributed by atoms with Gasteiger partial charge in [0.15, 0.2) is 0 Å². The maximum Gasteiger partial charge on any atom is 0.240 e. The second-order valence-electron chi connectivity index (χ2n) is 4.15. The van der Waals surface area contributed by atoms with Crippen molar-refractivity contribution in [3.63, 3.8) is 0 Å². The Bertz CT molecular complexity index is 530. The number of methoxy groups -OCH3 is 1. The lowest BCUT2D eigenvalue weighted by molar-refractivity contribution is 0.199. The SMILES string of the molecule is COCCNCCNS(=O)(=O)c1cc(Cl)c(C)c(Cl)c1.Cl. The van der Waals surface area contributed by atoms with E-state index < -0.39 is 10.0 Å². The molecule has 1 rings (SSSR count). The number of halogens is 3. The largest absolute Gasteiger partial charge is 0.383 e. The molecule has 9 heteroatoms. The fourth-order valence-electron chi connectivity index (χ4n) is 1.43. The van der Waals surface area contributed by atoms with Gasteiger partial charge in [0, 0.05) is 36.8 Å². The lowest BCUT2D eigenvalue weighted by Crippen LogP contribution is -2.33. The van der Waals surface area contributed by atoms with Crippen molar-refractivity contribution in [1.82, 2.24) is 10.0 Å². The van der Waals surface area contributed by atoms with E-state index in [-0.39, 0.29) is 23.8 Å². The maximum absolute atomic E-state index is 12.1. The van der Waals surface area contributed by atoms with Crippen LogP contribution in [-0.4, -0.2) is 41.8 Å². The summed E-state index contributed by atoms with van der Waals surface area (Å²) in [5.74, 6) is 0. The fraction of sp³-hybridized carbons (Fsp3) is 0.500. The second-order valence-corrected chi connectivity index (χ2v) is 6.73. The highest BCUT2D eigenvalue weighted by molar-refractivity contribution is 7.89. The number of hydrogen-bond donors (Lipinski definition) is 2. The van der Waals surface area contributed by atoms with Crippen LogP contribution in [0.25, 0.3) is 0 Å². The molecular formula is C12H19Cl3N2O3S. The van der Waals surface area contributed by atoms with Gasteiger partial charge >= 0.3 is 0 Å². The van der Waals surface area contributed by atoms with Crippen LogP contribution in [0, 0.1) is 6.92 Å². The van der Waals surface area contributed by atoms with Crippen LogP contribution in [0.3, 0.4) is 0 Å². The molecule has 0 heterocycles. The van der Waals surface area contributed by atoms with E-state index in [9.17, 15) is 8.42 Å². The average Bonchev–Trinajstić information content (AvgIpc) is 2.39. The smallest absolute Gasteiger partial charge is 0.240 e. The number of ether oxygens (including phenoxy) is 1. The van der Waals surface area contributed by atoms with Gasteiger partial charge in [-0.2, -0.15) is 0 Å². The van der Waals surface area contributed by atoms with Crippen LogP contribution in [0.15, 0.2) is 17.0 Å². The quantitative estimate of drug-likeness (QED) is 0.682. The summed E-state index contributed by atoms with van der Waals surface area (Å²) < 4.78 is 31.5. The molecule has 21 heavy (non-hydrogen) atoms. The minimum absolute atomic E-state index is 0. The van der Waals surface area contributed by atoms with Gasteiger partial charge in [-0.05, 0) is 24.6 Å². The maximum atomic E-state index is 12.1. The zero-order valence-corrected chi connectivity index (χ0v) is 14.9. The van der Waals surface area contributed by atoms with Gasteiger partial charge in [-0.3, -0.25) is 0 Å². The molecule has 0 bridgehead atoms. The normalized spacial score (nSPS) is 11.2. The van der Waals surface area contributed by atoms with Crippen molar-refractivity contribution in [2.24, 2.45) is 0 Å². The Morgan fingerprint density at radius 1 is 1.14 bits per heavy atom. The van der Waals surface area contributed by atoms with Crippen molar-refractivity contribution in [2.75, 3.05) is 33.4 Å². The van der Waals surface area contributed by atoms with Crippen molar-refractivity contribution >= 4 is 45.6 Å². The zero-order valence-electron chi connectivity index (χ0n) is 11.8. The molecular weight excluding hydrogens is 359 g/mol. The monoisotopic (exact) mass is 376 g/mol. The molecule has 0 spiro atoms. The van der Waals surface area contributed by atoms with Crippen molar-refractivity contribution < 1.29 is 13.2 Å². The molecule has 0 aliphatic carbocycles. The molecule has 5 nitrogen and oxygen atoms in total. The van der Waals surface area contributed by atoms with E-state index >= 15 is 0 Å². The summed E-state index contributed by atoms with van der Waals surface area (Å²) >= 11 is 11.9. The van der Waals surface area contributed by atoms with Crippen LogP contribution < -0.4 is 10.0 Å². The van der Waals surface area contributed by atoms with Gasteiger partial charge in [0.1, 0.15) is 0 Å². The second kappa shape index (κ2) is 9.84. The summed E-state index contributed by atoms with van der Waals surface area (Å²) in [6, 6.07) is 2.78. The molecule has 1 aromatic carbocycles. The Balaban J connectivity index is 0.00000400. The number of rotatable bonds is 8. The Morgan fingerprint density at radius 2 is 1.71 bits per heavy atom. The van der Waals surface area contributed by atoms with E-state index in [4.69, 9.17) is 27.9 Å². The lowest BCUT2D eigenvalue weighted by Gasteiger charge is -2.10. The standard InChI is InChI=1S/C12H18Cl2N2O3S.ClH/c1-9-11(13)7-10(8-12(9)14)20(17,18)16-4-3-15-5-6-19-2;/h7-8,15-16H,3-6H2,1-2H3;1H. The molecule has 0 atom stereocenters. The van der Waals surface area contributed by atoms with Crippen molar-refractivity contribution in [1.29, 1.82) is 0 Å². The van der Waals surface area contributed by atoms with E-state index in [1.165, 1.54) is 12.1 Å². The van der Waals surface area contributed by atoms with Crippen LogP contribution in [0.2, 0.25) is 10.0 Å². The van der Waals surface area contributed by atoms with Crippen molar-refractivity contribution in [3.8, 4) is 0 Å². The van der Waals surface area contributed by atoms with E-state index in [0.717, 1.165) is 0 Å². The van der Waals surface area contributed by atoms with Crippen LogP contribution in [0.4, 0.5) is 0 Å². The van der Waals surface area contributed by atoms with E-state index in [2.05, 4.69) is 10.0 Å². The first-order valence-electron chi connectivity index (χ1n) is 6.03. The molecule has 0 aliphatic heterocycles. The first kappa shape index (κ1) is 20.9. The molecule has 2 N–H and O–H groups in total. The summed E-state index contributed by atoms with van der Waals surface area (Å²) in [6.45, 7) is 3.76. The number of hydrogen-bond acceptors (Lipinski definition) is 4. The highest BCUT2D eigenvalue weighted by atomic mass is 35.5. The van der Waals surface area contributed by atoms with E-state index in [0.29, 0.717) is 35.3 Å². The van der Waals surface area contributed by atoms with Crippen LogP contribution in [0.1, 0.15) is 5.56 Å². The third-order valence-corrected chi connectivity index (χ3v) is 4.87. The third kappa shape index (κ3) is 6.69. The number of sulfonamides is 1. The molecule has 0 saturated heterocycles. The molecule has 0 unspecified atom stereocenters. The predicted molar refractivity (Wildman–Crippen MR) is 88.4 cm³/mol. The Kier molecular flexibility index (Phi) is 9.80. The van der Waals surface area contributed by atoms with Crippen molar-refractivity contribution in [3.05, 3.63) is 27.7 Å². The van der Waals surface area contributed by atoms with Gasteiger partial charge in [0.05, 0.1) is 11.5 Å². The molecule has 0 radical (unpaired) electrons. The third-order valence-electron chi connectivity index (χ3n) is 2.64. The van der Waals surface area contributed by atoms with Gasteiger partial charge < -0.3 is 10.1 Å². The highest BCUT2D eigenvalue weighted by Gasteiger charge is 2.16. The average molecular weight is 378 g/mol. The summed E-state index contributed by atoms with van der Waals surface area (Å²) in [5, 5.41) is 3.70. The minimum Gasteiger partial charge on any atom is -0.383 e. The fourth-order valence-corrected chi connectivity index (χ4v) is 3.13. The topological polar surface area (TPSA) is 67.4 Å². The first-order chi connectivity index (χ1) is 9.38. The molecule has 1 aromatic rings. The van der Waals surface area contributed by atoms with Gasteiger partial charge in [-0.1, -0.05) is 23.2 Å². The molecule has 0 aromatic heterocycles. The molecule has 0 amide bonds. The van der Waals surface area contributed by atoms with Gasteiger partial charge in [-0.15, -0.1) is 12.4 Å². The Hall–Kier alpha value is -0.0800. The minimum atomic E-state index is -3.60. The molecule has 122 valence electrons. The van der Waals surface area contributed by atoms with Gasteiger partial charge in [-0.25, -0.2) is 13.1 Å². The van der Waals surface area contributed by atoms with Gasteiger partial charge in [0.25, 0.3) is 0 Å². The van der Waals surface area contributed by atoms with Crippen LogP contribution >= 0.6 is 35.6 Å². The zero-order chi connectivity index (χ0) is 15.2. The summed E-state index contributed by atoms with van der Waals surface area (Å²) in [7, 11) is -2.00. The Labute approximate surface area is 141 Å². The Morgan fingerprint density at radius 3 is 2.24 bits per heavy atom. The molecule has 0 fully saturated rings. The molecule has 0 saturated carbocycles. The molecule has 0 aliphatic rings. The summed E-state index contributed by atoms with van der Waals surface area (Å²) in [5.41, 5.74) is 0.661. The van der Waals surface area contributed by atoms with Crippen LogP contribution in [-0.2, 0) is 14.8 Å². The number of nitrogens with one attached hydrogen (secondary N) is 2. The van der Waals surface area contributed by atoms with Crippen molar-refractivity contribution in [2.45, 2.75) is 11.8 Å².